The highest BCUT2D eigenvalue weighted by atomic mass is 32.2. The first-order chi connectivity index (χ1) is 10.4. The summed E-state index contributed by atoms with van der Waals surface area (Å²) in [6, 6.07) is 3.88. The Bertz CT molecular complexity index is 641. The molecule has 0 radical (unpaired) electrons. The van der Waals surface area contributed by atoms with E-state index in [1.807, 2.05) is 32.9 Å². The van der Waals surface area contributed by atoms with Gasteiger partial charge in [0.25, 0.3) is 0 Å². The van der Waals surface area contributed by atoms with Crippen LogP contribution in [0.1, 0.15) is 36.0 Å². The third kappa shape index (κ3) is 3.21. The van der Waals surface area contributed by atoms with Crippen molar-refractivity contribution >= 4 is 10.0 Å². The average Bonchev–Trinajstić information content (AvgIpc) is 3.11. The summed E-state index contributed by atoms with van der Waals surface area (Å²) in [6.45, 7) is 7.59. The van der Waals surface area contributed by atoms with Crippen molar-refractivity contribution in [3.63, 3.8) is 0 Å². The molecule has 1 aliphatic carbocycles. The summed E-state index contributed by atoms with van der Waals surface area (Å²) in [6.07, 6.45) is 3.38. The molecule has 22 heavy (non-hydrogen) atoms. The summed E-state index contributed by atoms with van der Waals surface area (Å²) in [5.41, 5.74) is 2.76. The predicted octanol–water partition coefficient (Wildman–Crippen LogP) is 2.80. The number of sulfonamides is 1. The maximum Gasteiger partial charge on any atom is 0.243 e. The van der Waals surface area contributed by atoms with E-state index in [1.54, 1.807) is 4.31 Å². The molecule has 2 aliphatic rings. The molecule has 3 rings (SSSR count). The maximum atomic E-state index is 13.0. The van der Waals surface area contributed by atoms with E-state index in [-0.39, 0.29) is 6.10 Å². The van der Waals surface area contributed by atoms with Crippen LogP contribution in [0.3, 0.4) is 0 Å². The van der Waals surface area contributed by atoms with Crippen LogP contribution >= 0.6 is 0 Å². The molecular formula is C17H25NO3S. The molecule has 1 unspecified atom stereocenters. The Balaban J connectivity index is 1.76. The van der Waals surface area contributed by atoms with Crippen molar-refractivity contribution in [3.8, 4) is 0 Å². The number of hydrogen-bond donors (Lipinski definition) is 0. The van der Waals surface area contributed by atoms with Crippen molar-refractivity contribution in [2.24, 2.45) is 5.92 Å². The Morgan fingerprint density at radius 2 is 1.77 bits per heavy atom. The van der Waals surface area contributed by atoms with Crippen LogP contribution in [0.2, 0.25) is 0 Å². The second-order valence-corrected chi connectivity index (χ2v) is 8.65. The van der Waals surface area contributed by atoms with Crippen LogP contribution < -0.4 is 0 Å². The van der Waals surface area contributed by atoms with Gasteiger partial charge in [-0.1, -0.05) is 17.7 Å². The molecule has 0 spiro atoms. The fourth-order valence-corrected chi connectivity index (χ4v) is 5.21. The molecule has 1 aromatic rings. The molecule has 0 bridgehead atoms. The Morgan fingerprint density at radius 1 is 1.14 bits per heavy atom. The molecule has 1 saturated carbocycles. The minimum Gasteiger partial charge on any atom is -0.377 e. The lowest BCUT2D eigenvalue weighted by atomic mass is 10.1. The molecule has 0 amide bonds. The van der Waals surface area contributed by atoms with Crippen molar-refractivity contribution in [2.45, 2.75) is 51.0 Å². The highest BCUT2D eigenvalue weighted by Crippen LogP contribution is 2.31. The van der Waals surface area contributed by atoms with E-state index in [0.29, 0.717) is 23.9 Å². The lowest BCUT2D eigenvalue weighted by Crippen LogP contribution is -2.31. The van der Waals surface area contributed by atoms with E-state index in [9.17, 15) is 8.42 Å². The first kappa shape index (κ1) is 16.0. The van der Waals surface area contributed by atoms with E-state index in [1.165, 1.54) is 12.8 Å². The number of rotatable bonds is 5. The van der Waals surface area contributed by atoms with Gasteiger partial charge in [0.05, 0.1) is 11.0 Å². The molecule has 1 saturated heterocycles. The topological polar surface area (TPSA) is 46.6 Å². The third-order valence-electron chi connectivity index (χ3n) is 4.57. The van der Waals surface area contributed by atoms with Gasteiger partial charge in [-0.05, 0) is 57.1 Å². The second-order valence-electron chi connectivity index (χ2n) is 6.78. The Morgan fingerprint density at radius 3 is 2.36 bits per heavy atom. The van der Waals surface area contributed by atoms with Crippen LogP contribution in [0.15, 0.2) is 17.0 Å². The van der Waals surface area contributed by atoms with E-state index >= 15 is 0 Å². The van der Waals surface area contributed by atoms with E-state index in [2.05, 4.69) is 0 Å². The van der Waals surface area contributed by atoms with Crippen LogP contribution in [-0.4, -0.2) is 38.5 Å². The fraction of sp³-hybridized carbons (Fsp3) is 0.647. The van der Waals surface area contributed by atoms with Gasteiger partial charge in [-0.3, -0.25) is 0 Å². The summed E-state index contributed by atoms with van der Waals surface area (Å²) in [7, 11) is -3.42. The van der Waals surface area contributed by atoms with Gasteiger partial charge in [-0.15, -0.1) is 0 Å². The van der Waals surface area contributed by atoms with Gasteiger partial charge in [0, 0.05) is 19.7 Å². The summed E-state index contributed by atoms with van der Waals surface area (Å²) >= 11 is 0. The van der Waals surface area contributed by atoms with Crippen LogP contribution in [0.4, 0.5) is 0 Å². The van der Waals surface area contributed by atoms with Crippen LogP contribution in [0.25, 0.3) is 0 Å². The highest BCUT2D eigenvalue weighted by Gasteiger charge is 2.35. The SMILES string of the molecule is Cc1cc(C)c(S(=O)(=O)N2CCC(OCC3CC3)C2)c(C)c1. The predicted molar refractivity (Wildman–Crippen MR) is 86.5 cm³/mol. The molecule has 122 valence electrons. The minimum absolute atomic E-state index is 0.0569. The Hall–Kier alpha value is -0.910. The average molecular weight is 323 g/mol. The van der Waals surface area contributed by atoms with Crippen LogP contribution in [0, 0.1) is 26.7 Å². The summed E-state index contributed by atoms with van der Waals surface area (Å²) in [4.78, 5) is 0.473. The van der Waals surface area contributed by atoms with E-state index in [4.69, 9.17) is 4.74 Å². The molecule has 1 heterocycles. The number of aryl methyl sites for hydroxylation is 3. The van der Waals surface area contributed by atoms with Gasteiger partial charge in [-0.2, -0.15) is 4.31 Å². The molecule has 1 atom stereocenters. The maximum absolute atomic E-state index is 13.0. The second kappa shape index (κ2) is 5.95. The first-order valence-corrected chi connectivity index (χ1v) is 9.51. The quantitative estimate of drug-likeness (QED) is 0.837. The van der Waals surface area contributed by atoms with Gasteiger partial charge in [-0.25, -0.2) is 8.42 Å². The third-order valence-corrected chi connectivity index (χ3v) is 6.75. The molecule has 0 aromatic heterocycles. The van der Waals surface area contributed by atoms with Gasteiger partial charge in [0.2, 0.25) is 10.0 Å². The molecule has 2 fully saturated rings. The van der Waals surface area contributed by atoms with E-state index in [0.717, 1.165) is 29.7 Å². The van der Waals surface area contributed by atoms with Crippen molar-refractivity contribution in [2.75, 3.05) is 19.7 Å². The molecule has 1 aliphatic heterocycles. The van der Waals surface area contributed by atoms with Crippen molar-refractivity contribution in [1.29, 1.82) is 0 Å². The molecule has 4 nitrogen and oxygen atoms in total. The number of nitrogens with zero attached hydrogens (tertiary/aromatic N) is 1. The Kier molecular flexibility index (Phi) is 4.32. The smallest absolute Gasteiger partial charge is 0.243 e. The van der Waals surface area contributed by atoms with Gasteiger partial charge in [0.1, 0.15) is 0 Å². The Labute approximate surface area is 133 Å². The normalized spacial score (nSPS) is 23.1. The summed E-state index contributed by atoms with van der Waals surface area (Å²) < 4.78 is 33.4. The van der Waals surface area contributed by atoms with E-state index < -0.39 is 10.0 Å². The zero-order chi connectivity index (χ0) is 15.9. The van der Waals surface area contributed by atoms with Crippen LogP contribution in [-0.2, 0) is 14.8 Å². The van der Waals surface area contributed by atoms with Gasteiger partial charge >= 0.3 is 0 Å². The zero-order valence-corrected chi connectivity index (χ0v) is 14.4. The van der Waals surface area contributed by atoms with Crippen LogP contribution in [0.5, 0.6) is 0 Å². The van der Waals surface area contributed by atoms with Gasteiger partial charge < -0.3 is 4.74 Å². The molecule has 1 aromatic carbocycles. The first-order valence-electron chi connectivity index (χ1n) is 8.07. The van der Waals surface area contributed by atoms with Crippen molar-refractivity contribution in [3.05, 3.63) is 28.8 Å². The zero-order valence-electron chi connectivity index (χ0n) is 13.6. The largest absolute Gasteiger partial charge is 0.377 e. The van der Waals surface area contributed by atoms with Crippen molar-refractivity contribution < 1.29 is 13.2 Å². The summed E-state index contributed by atoms with van der Waals surface area (Å²) in [5.74, 6) is 0.715. The number of ether oxygens (including phenoxy) is 1. The van der Waals surface area contributed by atoms with Gasteiger partial charge in [0.15, 0.2) is 0 Å². The summed E-state index contributed by atoms with van der Waals surface area (Å²) in [5, 5.41) is 0. The monoisotopic (exact) mass is 323 g/mol. The number of hydrogen-bond acceptors (Lipinski definition) is 3. The lowest BCUT2D eigenvalue weighted by molar-refractivity contribution is 0.0561. The fourth-order valence-electron chi connectivity index (χ4n) is 3.31. The molecular weight excluding hydrogens is 298 g/mol. The molecule has 0 N–H and O–H groups in total. The number of benzene rings is 1. The lowest BCUT2D eigenvalue weighted by Gasteiger charge is -2.20. The minimum atomic E-state index is -3.42. The van der Waals surface area contributed by atoms with Crippen molar-refractivity contribution in [1.82, 2.24) is 4.31 Å². The standard InChI is InChI=1S/C17H25NO3S/c1-12-8-13(2)17(14(3)9-12)22(19,20)18-7-6-16(10-18)21-11-15-4-5-15/h8-9,15-16H,4-7,10-11H2,1-3H3. The molecule has 5 heteroatoms. The highest BCUT2D eigenvalue weighted by molar-refractivity contribution is 7.89.